The highest BCUT2D eigenvalue weighted by molar-refractivity contribution is 5.81. The van der Waals surface area contributed by atoms with Crippen molar-refractivity contribution >= 4 is 5.97 Å². The fourth-order valence-corrected chi connectivity index (χ4v) is 2.56. The summed E-state index contributed by atoms with van der Waals surface area (Å²) in [5.74, 6) is -1.22. The van der Waals surface area contributed by atoms with Crippen LogP contribution in [0, 0.1) is 0 Å². The molecule has 0 unspecified atom stereocenters. The van der Waals surface area contributed by atoms with Crippen LogP contribution >= 0.6 is 0 Å². The zero-order chi connectivity index (χ0) is 12.5. The Morgan fingerprint density at radius 1 is 1.39 bits per heavy atom. The van der Waals surface area contributed by atoms with E-state index in [1.807, 2.05) is 12.1 Å². The van der Waals surface area contributed by atoms with Crippen LogP contribution in [0.25, 0.3) is 11.3 Å². The Hall–Kier alpha value is -2.17. The van der Waals surface area contributed by atoms with Gasteiger partial charge in [-0.3, -0.25) is 14.9 Å². The van der Waals surface area contributed by atoms with Crippen LogP contribution in [-0.4, -0.2) is 26.3 Å². The summed E-state index contributed by atoms with van der Waals surface area (Å²) >= 11 is 0. The first kappa shape index (κ1) is 11.0. The molecule has 1 aliphatic carbocycles. The van der Waals surface area contributed by atoms with Gasteiger partial charge in [0.15, 0.2) is 0 Å². The van der Waals surface area contributed by atoms with E-state index in [9.17, 15) is 9.90 Å². The van der Waals surface area contributed by atoms with Gasteiger partial charge in [0, 0.05) is 29.2 Å². The van der Waals surface area contributed by atoms with Gasteiger partial charge in [0.05, 0.1) is 11.6 Å². The lowest BCUT2D eigenvalue weighted by Gasteiger charge is -2.19. The Bertz CT molecular complexity index is 577. The van der Waals surface area contributed by atoms with Crippen molar-refractivity contribution in [1.29, 1.82) is 0 Å². The molecule has 1 aliphatic rings. The highest BCUT2D eigenvalue weighted by Crippen LogP contribution is 2.37. The molecule has 0 amide bonds. The van der Waals surface area contributed by atoms with Crippen molar-refractivity contribution in [1.82, 2.24) is 15.2 Å². The van der Waals surface area contributed by atoms with E-state index in [4.69, 9.17) is 0 Å². The summed E-state index contributed by atoms with van der Waals surface area (Å²) in [6.07, 6.45) is 5.82. The van der Waals surface area contributed by atoms with E-state index >= 15 is 0 Å². The number of hydrogen-bond donors (Lipinski definition) is 2. The number of carboxylic acids is 1. The van der Waals surface area contributed by atoms with Gasteiger partial charge in [0.1, 0.15) is 0 Å². The fraction of sp³-hybridized carbons (Fsp3) is 0.308. The van der Waals surface area contributed by atoms with E-state index in [1.54, 1.807) is 12.4 Å². The first-order chi connectivity index (χ1) is 8.77. The average molecular weight is 243 g/mol. The average Bonchev–Trinajstić information content (AvgIpc) is 2.83. The lowest BCUT2D eigenvalue weighted by Crippen LogP contribution is -2.17. The summed E-state index contributed by atoms with van der Waals surface area (Å²) < 4.78 is 0. The molecule has 0 aromatic carbocycles. The van der Waals surface area contributed by atoms with Gasteiger partial charge in [0.25, 0.3) is 0 Å². The Balaban J connectivity index is 2.13. The number of pyridine rings is 1. The Morgan fingerprint density at radius 2 is 2.17 bits per heavy atom. The minimum absolute atomic E-state index is 0.448. The van der Waals surface area contributed by atoms with Gasteiger partial charge in [-0.1, -0.05) is 0 Å². The number of carboxylic acid groups (broad SMARTS) is 1. The fourth-order valence-electron chi connectivity index (χ4n) is 2.56. The minimum Gasteiger partial charge on any atom is -0.481 e. The van der Waals surface area contributed by atoms with Crippen molar-refractivity contribution in [3.63, 3.8) is 0 Å². The molecule has 0 saturated carbocycles. The van der Waals surface area contributed by atoms with Crippen LogP contribution in [-0.2, 0) is 11.2 Å². The molecule has 0 bridgehead atoms. The number of carbonyl (C=O) groups is 1. The van der Waals surface area contributed by atoms with E-state index in [2.05, 4.69) is 15.2 Å². The van der Waals surface area contributed by atoms with E-state index in [0.717, 1.165) is 35.4 Å². The first-order valence-electron chi connectivity index (χ1n) is 5.97. The molecule has 3 rings (SSSR count). The van der Waals surface area contributed by atoms with Crippen LogP contribution in [0.4, 0.5) is 0 Å². The van der Waals surface area contributed by atoms with E-state index in [-0.39, 0.29) is 0 Å². The van der Waals surface area contributed by atoms with Crippen LogP contribution in [0.1, 0.15) is 30.0 Å². The van der Waals surface area contributed by atoms with Crippen molar-refractivity contribution < 1.29 is 9.90 Å². The molecule has 2 aromatic rings. The lowest BCUT2D eigenvalue weighted by molar-refractivity contribution is -0.139. The third kappa shape index (κ3) is 1.68. The molecule has 5 nitrogen and oxygen atoms in total. The Kier molecular flexibility index (Phi) is 2.59. The number of aromatic nitrogens is 3. The van der Waals surface area contributed by atoms with Gasteiger partial charge in [-0.05, 0) is 31.4 Å². The number of nitrogens with zero attached hydrogens (tertiary/aromatic N) is 2. The SMILES string of the molecule is O=C(O)[C@H]1CCCc2[nH]nc(-c3ccncc3)c21. The molecule has 2 heterocycles. The van der Waals surface area contributed by atoms with Crippen molar-refractivity contribution in [2.45, 2.75) is 25.2 Å². The second kappa shape index (κ2) is 4.25. The number of fused-ring (bicyclic) bond motifs is 1. The highest BCUT2D eigenvalue weighted by atomic mass is 16.4. The van der Waals surface area contributed by atoms with E-state index < -0.39 is 11.9 Å². The highest BCUT2D eigenvalue weighted by Gasteiger charge is 2.31. The molecule has 18 heavy (non-hydrogen) atoms. The molecule has 92 valence electrons. The molecule has 0 saturated heterocycles. The standard InChI is InChI=1S/C13H13N3O2/c17-13(18)9-2-1-3-10-11(9)12(16-15-10)8-4-6-14-7-5-8/h4-7,9H,1-3H2,(H,15,16)(H,17,18)/t9-/m0/s1. The summed E-state index contributed by atoms with van der Waals surface area (Å²) in [4.78, 5) is 15.3. The molecule has 5 heteroatoms. The minimum atomic E-state index is -0.771. The molecule has 2 N–H and O–H groups in total. The zero-order valence-electron chi connectivity index (χ0n) is 9.76. The van der Waals surface area contributed by atoms with Crippen molar-refractivity contribution in [2.24, 2.45) is 0 Å². The van der Waals surface area contributed by atoms with Crippen LogP contribution in [0.15, 0.2) is 24.5 Å². The van der Waals surface area contributed by atoms with Crippen LogP contribution in [0.2, 0.25) is 0 Å². The summed E-state index contributed by atoms with van der Waals surface area (Å²) in [5, 5.41) is 16.6. The van der Waals surface area contributed by atoms with Crippen molar-refractivity contribution in [3.8, 4) is 11.3 Å². The number of hydrogen-bond acceptors (Lipinski definition) is 3. The van der Waals surface area contributed by atoms with Crippen LogP contribution in [0.5, 0.6) is 0 Å². The Labute approximate surface area is 104 Å². The van der Waals surface area contributed by atoms with Gasteiger partial charge >= 0.3 is 5.97 Å². The molecule has 0 radical (unpaired) electrons. The van der Waals surface area contributed by atoms with Crippen molar-refractivity contribution in [2.75, 3.05) is 0 Å². The summed E-state index contributed by atoms with van der Waals surface area (Å²) in [6, 6.07) is 3.70. The zero-order valence-corrected chi connectivity index (χ0v) is 9.76. The number of aromatic amines is 1. The molecule has 0 fully saturated rings. The normalized spacial score (nSPS) is 18.3. The third-order valence-corrected chi connectivity index (χ3v) is 3.40. The molecular weight excluding hydrogens is 230 g/mol. The molecule has 2 aromatic heterocycles. The smallest absolute Gasteiger partial charge is 0.311 e. The quantitative estimate of drug-likeness (QED) is 0.845. The number of aliphatic carboxylic acids is 1. The first-order valence-corrected chi connectivity index (χ1v) is 5.97. The van der Waals surface area contributed by atoms with Crippen LogP contribution in [0.3, 0.4) is 0 Å². The second-order valence-electron chi connectivity index (χ2n) is 4.48. The van der Waals surface area contributed by atoms with E-state index in [0.29, 0.717) is 6.42 Å². The lowest BCUT2D eigenvalue weighted by atomic mass is 9.84. The number of rotatable bonds is 2. The van der Waals surface area contributed by atoms with Crippen LogP contribution < -0.4 is 0 Å². The van der Waals surface area contributed by atoms with Gasteiger partial charge in [-0.15, -0.1) is 0 Å². The maximum absolute atomic E-state index is 11.3. The molecule has 1 atom stereocenters. The van der Waals surface area contributed by atoms with Gasteiger partial charge in [0.2, 0.25) is 0 Å². The maximum Gasteiger partial charge on any atom is 0.311 e. The number of H-pyrrole nitrogens is 1. The van der Waals surface area contributed by atoms with Gasteiger partial charge in [-0.25, -0.2) is 0 Å². The topological polar surface area (TPSA) is 78.9 Å². The summed E-state index contributed by atoms with van der Waals surface area (Å²) in [7, 11) is 0. The largest absolute Gasteiger partial charge is 0.481 e. The van der Waals surface area contributed by atoms with E-state index in [1.165, 1.54) is 0 Å². The predicted molar refractivity (Wildman–Crippen MR) is 65.1 cm³/mol. The van der Waals surface area contributed by atoms with Gasteiger partial charge < -0.3 is 5.11 Å². The molecule has 0 aliphatic heterocycles. The predicted octanol–water partition coefficient (Wildman–Crippen LogP) is 1.98. The number of aryl methyl sites for hydroxylation is 1. The molecule has 0 spiro atoms. The van der Waals surface area contributed by atoms with Gasteiger partial charge in [-0.2, -0.15) is 5.10 Å². The summed E-state index contributed by atoms with van der Waals surface area (Å²) in [5.41, 5.74) is 3.47. The Morgan fingerprint density at radius 3 is 2.89 bits per heavy atom. The summed E-state index contributed by atoms with van der Waals surface area (Å²) in [6.45, 7) is 0. The monoisotopic (exact) mass is 243 g/mol. The third-order valence-electron chi connectivity index (χ3n) is 3.40. The molecular formula is C13H13N3O2. The number of nitrogens with one attached hydrogen (secondary N) is 1. The van der Waals surface area contributed by atoms with Crippen molar-refractivity contribution in [3.05, 3.63) is 35.8 Å². The second-order valence-corrected chi connectivity index (χ2v) is 4.48. The maximum atomic E-state index is 11.3.